The second-order valence-electron chi connectivity index (χ2n) is 4.22. The molecule has 0 aliphatic heterocycles. The third-order valence-corrected chi connectivity index (χ3v) is 4.00. The molecule has 0 aromatic heterocycles. The predicted molar refractivity (Wildman–Crippen MR) is 74.2 cm³/mol. The van der Waals surface area contributed by atoms with Gasteiger partial charge in [-0.15, -0.1) is 0 Å². The number of halogens is 2. The van der Waals surface area contributed by atoms with E-state index in [-0.39, 0.29) is 38.4 Å². The van der Waals surface area contributed by atoms with Gasteiger partial charge < -0.3 is 5.73 Å². The van der Waals surface area contributed by atoms with Crippen LogP contribution in [0.25, 0.3) is 0 Å². The maximum Gasteiger partial charge on any atom is 0.196 e. The lowest BCUT2D eigenvalue weighted by atomic mass is 9.84. The van der Waals surface area contributed by atoms with Gasteiger partial charge in [0, 0.05) is 16.7 Å². The SMILES string of the molecule is Nc1cc2c(c(Cl)c1Cl)C(=O)c1ccccc1C2=O. The Morgan fingerprint density at radius 2 is 1.42 bits per heavy atom. The Bertz CT molecular complexity index is 753. The van der Waals surface area contributed by atoms with Crippen LogP contribution in [0.3, 0.4) is 0 Å². The van der Waals surface area contributed by atoms with Crippen LogP contribution < -0.4 is 5.73 Å². The zero-order chi connectivity index (χ0) is 13.7. The van der Waals surface area contributed by atoms with Crippen molar-refractivity contribution in [3.63, 3.8) is 0 Å². The molecule has 0 radical (unpaired) electrons. The molecule has 0 saturated heterocycles. The molecule has 2 aromatic rings. The molecule has 19 heavy (non-hydrogen) atoms. The number of nitrogens with two attached hydrogens (primary N) is 1. The van der Waals surface area contributed by atoms with E-state index in [2.05, 4.69) is 0 Å². The fourth-order valence-corrected chi connectivity index (χ4v) is 2.65. The highest BCUT2D eigenvalue weighted by Crippen LogP contribution is 2.38. The van der Waals surface area contributed by atoms with E-state index in [4.69, 9.17) is 28.9 Å². The van der Waals surface area contributed by atoms with E-state index in [0.717, 1.165) is 0 Å². The van der Waals surface area contributed by atoms with Gasteiger partial charge in [0.25, 0.3) is 0 Å². The number of carbonyl (C=O) groups excluding carboxylic acids is 2. The number of nitrogen functional groups attached to an aromatic ring is 1. The van der Waals surface area contributed by atoms with Gasteiger partial charge >= 0.3 is 0 Å². The number of hydrogen-bond acceptors (Lipinski definition) is 3. The summed E-state index contributed by atoms with van der Waals surface area (Å²) in [6, 6.07) is 8.01. The summed E-state index contributed by atoms with van der Waals surface area (Å²) < 4.78 is 0. The standard InChI is InChI=1S/C14H7Cl2NO2/c15-11-9(17)5-8-10(12(11)16)14(19)7-4-2-1-3-6(7)13(8)18/h1-5H,17H2. The molecule has 94 valence electrons. The largest absolute Gasteiger partial charge is 0.397 e. The number of benzene rings is 2. The quantitative estimate of drug-likeness (QED) is 0.646. The molecule has 0 saturated carbocycles. The monoisotopic (exact) mass is 291 g/mol. The van der Waals surface area contributed by atoms with E-state index in [0.29, 0.717) is 11.1 Å². The van der Waals surface area contributed by atoms with Crippen molar-refractivity contribution < 1.29 is 9.59 Å². The first kappa shape index (κ1) is 12.2. The summed E-state index contributed by atoms with van der Waals surface area (Å²) in [6.45, 7) is 0. The Hall–Kier alpha value is -1.84. The molecule has 0 spiro atoms. The number of rotatable bonds is 0. The normalized spacial score (nSPS) is 13.2. The molecule has 1 aliphatic rings. The van der Waals surface area contributed by atoms with Gasteiger partial charge in [-0.2, -0.15) is 0 Å². The summed E-state index contributed by atoms with van der Waals surface area (Å²) in [6.07, 6.45) is 0. The van der Waals surface area contributed by atoms with Crippen LogP contribution in [-0.2, 0) is 0 Å². The highest BCUT2D eigenvalue weighted by molar-refractivity contribution is 6.47. The minimum absolute atomic E-state index is 0.0320. The minimum atomic E-state index is -0.308. The van der Waals surface area contributed by atoms with Crippen molar-refractivity contribution in [1.82, 2.24) is 0 Å². The Morgan fingerprint density at radius 3 is 2.05 bits per heavy atom. The molecule has 3 rings (SSSR count). The van der Waals surface area contributed by atoms with Crippen LogP contribution in [-0.4, -0.2) is 11.6 Å². The number of anilines is 1. The third-order valence-electron chi connectivity index (χ3n) is 3.12. The fraction of sp³-hybridized carbons (Fsp3) is 0. The molecular weight excluding hydrogens is 285 g/mol. The molecule has 2 N–H and O–H groups in total. The van der Waals surface area contributed by atoms with Crippen molar-refractivity contribution in [3.05, 3.63) is 62.6 Å². The average Bonchev–Trinajstić information content (AvgIpc) is 2.42. The van der Waals surface area contributed by atoms with Crippen LogP contribution in [0.15, 0.2) is 30.3 Å². The summed E-state index contributed by atoms with van der Waals surface area (Å²) in [5.41, 5.74) is 6.91. The van der Waals surface area contributed by atoms with Gasteiger partial charge in [-0.3, -0.25) is 9.59 Å². The maximum atomic E-state index is 12.4. The minimum Gasteiger partial charge on any atom is -0.397 e. The highest BCUT2D eigenvalue weighted by atomic mass is 35.5. The van der Waals surface area contributed by atoms with Crippen LogP contribution in [0.4, 0.5) is 5.69 Å². The fourth-order valence-electron chi connectivity index (χ4n) is 2.21. The number of ketones is 2. The van der Waals surface area contributed by atoms with Crippen LogP contribution in [0, 0.1) is 0 Å². The molecule has 0 unspecified atom stereocenters. The Morgan fingerprint density at radius 1 is 0.842 bits per heavy atom. The van der Waals surface area contributed by atoms with Crippen LogP contribution in [0.2, 0.25) is 10.0 Å². The second kappa shape index (κ2) is 4.08. The lowest BCUT2D eigenvalue weighted by Gasteiger charge is -2.19. The van der Waals surface area contributed by atoms with E-state index in [1.165, 1.54) is 6.07 Å². The van der Waals surface area contributed by atoms with Crippen molar-refractivity contribution in [3.8, 4) is 0 Å². The van der Waals surface area contributed by atoms with Gasteiger partial charge in [-0.05, 0) is 6.07 Å². The lowest BCUT2D eigenvalue weighted by molar-refractivity contribution is 0.0979. The van der Waals surface area contributed by atoms with Crippen LogP contribution >= 0.6 is 23.2 Å². The number of hydrogen-bond donors (Lipinski definition) is 1. The van der Waals surface area contributed by atoms with Crippen molar-refractivity contribution >= 4 is 40.5 Å². The third kappa shape index (κ3) is 1.59. The Kier molecular flexibility index (Phi) is 2.62. The second-order valence-corrected chi connectivity index (χ2v) is 4.98. The molecule has 3 nitrogen and oxygen atoms in total. The van der Waals surface area contributed by atoms with Crippen molar-refractivity contribution in [2.24, 2.45) is 0 Å². The molecule has 0 atom stereocenters. The summed E-state index contributed by atoms with van der Waals surface area (Å²) in [7, 11) is 0. The molecule has 0 fully saturated rings. The van der Waals surface area contributed by atoms with Gasteiger partial charge in [0.1, 0.15) is 0 Å². The topological polar surface area (TPSA) is 60.2 Å². The highest BCUT2D eigenvalue weighted by Gasteiger charge is 2.32. The molecule has 0 bridgehead atoms. The molecular formula is C14H7Cl2NO2. The Balaban J connectivity index is 2.40. The summed E-state index contributed by atoms with van der Waals surface area (Å²) in [4.78, 5) is 24.8. The predicted octanol–water partition coefficient (Wildman–Crippen LogP) is 3.35. The van der Waals surface area contributed by atoms with Gasteiger partial charge in [0.2, 0.25) is 0 Å². The lowest BCUT2D eigenvalue weighted by Crippen LogP contribution is -2.21. The van der Waals surface area contributed by atoms with Crippen LogP contribution in [0.5, 0.6) is 0 Å². The van der Waals surface area contributed by atoms with Crippen molar-refractivity contribution in [2.75, 3.05) is 5.73 Å². The van der Waals surface area contributed by atoms with E-state index in [1.807, 2.05) is 0 Å². The van der Waals surface area contributed by atoms with Gasteiger partial charge in [0.05, 0.1) is 21.3 Å². The zero-order valence-corrected chi connectivity index (χ0v) is 11.0. The summed E-state index contributed by atoms with van der Waals surface area (Å²) >= 11 is 12.0. The van der Waals surface area contributed by atoms with E-state index < -0.39 is 0 Å². The Labute approximate surface area is 118 Å². The first-order valence-electron chi connectivity index (χ1n) is 5.48. The molecule has 0 amide bonds. The van der Waals surface area contributed by atoms with E-state index in [9.17, 15) is 9.59 Å². The summed E-state index contributed by atoms with van der Waals surface area (Å²) in [5, 5.41) is 0.130. The molecule has 1 aliphatic carbocycles. The van der Waals surface area contributed by atoms with Gasteiger partial charge in [0.15, 0.2) is 11.6 Å². The van der Waals surface area contributed by atoms with Crippen LogP contribution in [0.1, 0.15) is 31.8 Å². The maximum absolute atomic E-state index is 12.4. The van der Waals surface area contributed by atoms with Gasteiger partial charge in [-0.1, -0.05) is 47.5 Å². The van der Waals surface area contributed by atoms with E-state index in [1.54, 1.807) is 24.3 Å². The van der Waals surface area contributed by atoms with E-state index >= 15 is 0 Å². The van der Waals surface area contributed by atoms with Crippen molar-refractivity contribution in [1.29, 1.82) is 0 Å². The first-order valence-corrected chi connectivity index (χ1v) is 6.24. The van der Waals surface area contributed by atoms with Gasteiger partial charge in [-0.25, -0.2) is 0 Å². The average molecular weight is 292 g/mol. The zero-order valence-electron chi connectivity index (χ0n) is 9.54. The smallest absolute Gasteiger partial charge is 0.196 e. The first-order chi connectivity index (χ1) is 9.02. The van der Waals surface area contributed by atoms with Crippen molar-refractivity contribution in [2.45, 2.75) is 0 Å². The number of carbonyl (C=O) groups is 2. The summed E-state index contributed by atoms with van der Waals surface area (Å²) in [5.74, 6) is -0.576. The molecule has 2 aromatic carbocycles. The molecule has 5 heteroatoms. The molecule has 0 heterocycles. The number of fused-ring (bicyclic) bond motifs is 2.